The number of hydrogen-bond donors (Lipinski definition) is 1. The predicted molar refractivity (Wildman–Crippen MR) is 206 cm³/mol. The van der Waals surface area contributed by atoms with Crippen LogP contribution in [0.3, 0.4) is 0 Å². The van der Waals surface area contributed by atoms with Crippen LogP contribution < -0.4 is 10.2 Å². The van der Waals surface area contributed by atoms with E-state index in [1.54, 1.807) is 36.4 Å². The van der Waals surface area contributed by atoms with Gasteiger partial charge in [-0.25, -0.2) is 22.0 Å². The molecule has 0 radical (unpaired) electrons. The van der Waals surface area contributed by atoms with Gasteiger partial charge in [-0.15, -0.1) is 0 Å². The van der Waals surface area contributed by atoms with Gasteiger partial charge in [0, 0.05) is 43.3 Å². The third kappa shape index (κ3) is 8.29. The molecule has 4 saturated heterocycles. The molecule has 11 nitrogen and oxygen atoms in total. The molecule has 14 heteroatoms. The zero-order valence-electron chi connectivity index (χ0n) is 31.8. The largest absolute Gasteiger partial charge is 0.453 e. The van der Waals surface area contributed by atoms with E-state index in [1.807, 2.05) is 4.90 Å². The number of nitrogens with zero attached hydrogens (tertiary/aromatic N) is 4. The lowest BCUT2D eigenvalue weighted by Gasteiger charge is -2.54. The number of sulfone groups is 1. The van der Waals surface area contributed by atoms with E-state index in [2.05, 4.69) is 27.8 Å². The average Bonchev–Trinajstić information content (AvgIpc) is 3.46. The molecule has 1 saturated carbocycles. The van der Waals surface area contributed by atoms with Crippen LogP contribution in [0.25, 0.3) is 0 Å². The number of piperidine rings is 1. The van der Waals surface area contributed by atoms with Crippen LogP contribution >= 0.6 is 0 Å². The lowest BCUT2D eigenvalue weighted by Crippen LogP contribution is -2.65. The summed E-state index contributed by atoms with van der Waals surface area (Å²) in [6, 6.07) is 13.5. The van der Waals surface area contributed by atoms with Crippen molar-refractivity contribution in [2.75, 3.05) is 90.7 Å². The summed E-state index contributed by atoms with van der Waals surface area (Å²) in [5, 5.41) is 2.23. The summed E-state index contributed by atoms with van der Waals surface area (Å²) in [5.41, 5.74) is -0.0505. The fourth-order valence-corrected chi connectivity index (χ4v) is 11.6. The van der Waals surface area contributed by atoms with Gasteiger partial charge in [-0.05, 0) is 118 Å². The maximum atomic E-state index is 16.3. The molecule has 0 spiro atoms. The Kier molecular flexibility index (Phi) is 11.9. The lowest BCUT2D eigenvalue weighted by atomic mass is 9.57. The first-order valence-electron chi connectivity index (χ1n) is 19.8. The molecule has 300 valence electrons. The van der Waals surface area contributed by atoms with Gasteiger partial charge in [0.05, 0.1) is 38.3 Å². The molecule has 2 unspecified atom stereocenters. The SMILES string of the molecule is C=CC(=O)N1CCOCC(S(=O)(=O)c2ccc(N3CC(F)(CN4CCC(C(CN5CCC5)(c5cccc(F)c5)[C@H]5CCC[C@@H]5NC(=O)OC)CC4)C3)cc2)C1. The first-order chi connectivity index (χ1) is 26.4. The van der Waals surface area contributed by atoms with Gasteiger partial charge < -0.3 is 29.5 Å². The smallest absolute Gasteiger partial charge is 0.407 e. The van der Waals surface area contributed by atoms with Crippen molar-refractivity contribution in [1.82, 2.24) is 20.0 Å². The number of methoxy groups -OCH3 is 1. The van der Waals surface area contributed by atoms with Gasteiger partial charge in [-0.2, -0.15) is 0 Å². The van der Waals surface area contributed by atoms with Crippen molar-refractivity contribution in [3.05, 3.63) is 72.6 Å². The number of alkyl halides is 1. The van der Waals surface area contributed by atoms with Crippen molar-refractivity contribution >= 4 is 27.5 Å². The molecule has 2 aromatic rings. The molecule has 1 N–H and O–H groups in total. The fourth-order valence-electron chi connectivity index (χ4n) is 10.0. The highest BCUT2D eigenvalue weighted by Crippen LogP contribution is 2.51. The number of likely N-dealkylation sites (tertiary alicyclic amines) is 2. The third-order valence-electron chi connectivity index (χ3n) is 12.9. The van der Waals surface area contributed by atoms with E-state index in [-0.39, 0.29) is 72.8 Å². The number of rotatable bonds is 12. The predicted octanol–water partition coefficient (Wildman–Crippen LogP) is 4.42. The number of alkyl carbamates (subject to hydrolysis) is 1. The second-order valence-corrected chi connectivity index (χ2v) is 18.5. The van der Waals surface area contributed by atoms with E-state index >= 15 is 8.78 Å². The normalized spacial score (nSPS) is 26.3. The lowest BCUT2D eigenvalue weighted by molar-refractivity contribution is -0.126. The minimum absolute atomic E-state index is 0.00328. The average molecular weight is 784 g/mol. The van der Waals surface area contributed by atoms with Crippen LogP contribution in [0.5, 0.6) is 0 Å². The van der Waals surface area contributed by atoms with Crippen LogP contribution in [0, 0.1) is 17.7 Å². The van der Waals surface area contributed by atoms with Crippen molar-refractivity contribution in [3.8, 4) is 0 Å². The monoisotopic (exact) mass is 783 g/mol. The number of nitrogens with one attached hydrogen (secondary N) is 1. The van der Waals surface area contributed by atoms with Crippen molar-refractivity contribution in [3.63, 3.8) is 0 Å². The van der Waals surface area contributed by atoms with Crippen molar-refractivity contribution < 1.29 is 36.3 Å². The summed E-state index contributed by atoms with van der Waals surface area (Å²) in [7, 11) is -2.40. The Balaban J connectivity index is 1.00. The first kappa shape index (κ1) is 39.6. The van der Waals surface area contributed by atoms with E-state index in [4.69, 9.17) is 9.47 Å². The van der Waals surface area contributed by atoms with Gasteiger partial charge in [0.2, 0.25) is 5.91 Å². The maximum Gasteiger partial charge on any atom is 0.407 e. The zero-order valence-corrected chi connectivity index (χ0v) is 32.7. The summed E-state index contributed by atoms with van der Waals surface area (Å²) in [5.74, 6) is -0.263. The van der Waals surface area contributed by atoms with Crippen LogP contribution in [0.1, 0.15) is 44.1 Å². The maximum absolute atomic E-state index is 16.3. The van der Waals surface area contributed by atoms with Crippen LogP contribution in [0.2, 0.25) is 0 Å². The number of halogens is 2. The highest BCUT2D eigenvalue weighted by molar-refractivity contribution is 7.92. The number of anilines is 1. The molecule has 2 amide bonds. The van der Waals surface area contributed by atoms with Crippen molar-refractivity contribution in [1.29, 1.82) is 0 Å². The Bertz CT molecular complexity index is 1800. The molecule has 2 aromatic carbocycles. The molecule has 4 aliphatic heterocycles. The number of hydrogen-bond acceptors (Lipinski definition) is 9. The summed E-state index contributed by atoms with van der Waals surface area (Å²) in [6.45, 7) is 9.08. The summed E-state index contributed by atoms with van der Waals surface area (Å²) in [4.78, 5) is 32.9. The quantitative estimate of drug-likeness (QED) is 0.313. The molecule has 0 aromatic heterocycles. The van der Waals surface area contributed by atoms with Crippen LogP contribution in [-0.4, -0.2) is 138 Å². The summed E-state index contributed by atoms with van der Waals surface area (Å²) >= 11 is 0. The van der Waals surface area contributed by atoms with E-state index in [0.29, 0.717) is 13.1 Å². The molecule has 5 aliphatic rings. The molecule has 5 fully saturated rings. The van der Waals surface area contributed by atoms with Gasteiger partial charge in [0.1, 0.15) is 11.1 Å². The van der Waals surface area contributed by atoms with Crippen LogP contribution in [-0.2, 0) is 29.5 Å². The van der Waals surface area contributed by atoms with Gasteiger partial charge in [-0.3, -0.25) is 9.69 Å². The number of carbonyl (C=O) groups excluding carboxylic acids is 2. The number of carbonyl (C=O) groups is 2. The number of amides is 2. The van der Waals surface area contributed by atoms with E-state index < -0.39 is 26.8 Å². The Morgan fingerprint density at radius 2 is 1.76 bits per heavy atom. The number of benzene rings is 2. The second-order valence-electron chi connectivity index (χ2n) is 16.2. The highest BCUT2D eigenvalue weighted by Gasteiger charge is 2.54. The van der Waals surface area contributed by atoms with Gasteiger partial charge in [-0.1, -0.05) is 25.1 Å². The Morgan fingerprint density at radius 3 is 2.42 bits per heavy atom. The zero-order chi connectivity index (χ0) is 38.8. The van der Waals surface area contributed by atoms with Crippen LogP contribution in [0.15, 0.2) is 66.1 Å². The van der Waals surface area contributed by atoms with Gasteiger partial charge in [0.25, 0.3) is 0 Å². The van der Waals surface area contributed by atoms with Crippen LogP contribution in [0.4, 0.5) is 19.3 Å². The standard InChI is InChI=1S/C41H55F2N5O6S/c1-3-38(49)47-21-22-54-25-35(24-47)55(51,52)34-13-11-33(12-14-34)48-27-40(43,28-48)26-46-19-15-30(16-20-46)41(29-45-17-6-18-45,31-7-4-8-32(42)23-31)36-9-5-10-37(36)44-39(50)53-2/h3-4,7-8,11-14,23,30,35-37H,1,5-6,9-10,15-22,24-29H2,2H3,(H,44,50)/t35?,36-,37-,41?/m0/s1. The molecule has 0 bridgehead atoms. The van der Waals surface area contributed by atoms with E-state index in [0.717, 1.165) is 82.5 Å². The molecule has 4 heterocycles. The van der Waals surface area contributed by atoms with E-state index in [1.165, 1.54) is 24.2 Å². The van der Waals surface area contributed by atoms with E-state index in [9.17, 15) is 18.0 Å². The van der Waals surface area contributed by atoms with Gasteiger partial charge in [0.15, 0.2) is 15.5 Å². The molecule has 4 atom stereocenters. The Hall–Kier alpha value is -3.59. The molecule has 7 rings (SSSR count). The fraction of sp³-hybridized carbons (Fsp3) is 0.610. The van der Waals surface area contributed by atoms with Crippen molar-refractivity contribution in [2.24, 2.45) is 11.8 Å². The summed E-state index contributed by atoms with van der Waals surface area (Å²) < 4.78 is 68.9. The minimum atomic E-state index is -3.79. The third-order valence-corrected chi connectivity index (χ3v) is 15.0. The summed E-state index contributed by atoms with van der Waals surface area (Å²) in [6.07, 6.45) is 6.31. The van der Waals surface area contributed by atoms with Gasteiger partial charge >= 0.3 is 6.09 Å². The van der Waals surface area contributed by atoms with Crippen molar-refractivity contribution in [2.45, 2.75) is 65.8 Å². The minimum Gasteiger partial charge on any atom is -0.453 e. The highest BCUT2D eigenvalue weighted by atomic mass is 32.2. The molecular weight excluding hydrogens is 729 g/mol. The molecule has 55 heavy (non-hydrogen) atoms. The molecular formula is C41H55F2N5O6S. The Labute approximate surface area is 323 Å². The number of ether oxygens (including phenoxy) is 2. The Morgan fingerprint density at radius 1 is 1.02 bits per heavy atom. The first-order valence-corrected chi connectivity index (χ1v) is 21.3. The molecule has 1 aliphatic carbocycles. The second kappa shape index (κ2) is 16.5. The topological polar surface area (TPSA) is 112 Å².